The number of carboxylic acid groups (broad SMARTS) is 1. The molecular formula is C30H56O7. The molecule has 0 aliphatic rings. The number of aliphatic hydroxyl groups is 1. The Morgan fingerprint density at radius 2 is 0.946 bits per heavy atom. The minimum absolute atomic E-state index is 0.116. The van der Waals surface area contributed by atoms with Crippen LogP contribution >= 0.6 is 0 Å². The lowest BCUT2D eigenvalue weighted by Crippen LogP contribution is -2.28. The summed E-state index contributed by atoms with van der Waals surface area (Å²) in [6, 6.07) is 0. The van der Waals surface area contributed by atoms with Crippen molar-refractivity contribution in [2.75, 3.05) is 13.2 Å². The molecule has 0 spiro atoms. The third-order valence-corrected chi connectivity index (χ3v) is 6.69. The number of carbonyl (C=O) groups excluding carboxylic acids is 2. The highest BCUT2D eigenvalue weighted by molar-refractivity contribution is 5.70. The van der Waals surface area contributed by atoms with Crippen LogP contribution in [-0.2, 0) is 23.9 Å². The lowest BCUT2D eigenvalue weighted by molar-refractivity contribution is -0.161. The molecule has 218 valence electrons. The van der Waals surface area contributed by atoms with Crippen molar-refractivity contribution in [3.63, 3.8) is 0 Å². The fourth-order valence-corrected chi connectivity index (χ4v) is 4.34. The number of rotatable bonds is 28. The fourth-order valence-electron chi connectivity index (χ4n) is 4.34. The molecule has 0 bridgehead atoms. The van der Waals surface area contributed by atoms with Gasteiger partial charge in [0, 0.05) is 19.3 Å². The van der Waals surface area contributed by atoms with E-state index in [0.717, 1.165) is 38.5 Å². The van der Waals surface area contributed by atoms with Crippen LogP contribution in [0.3, 0.4) is 0 Å². The molecule has 0 aliphatic heterocycles. The third kappa shape index (κ3) is 27.2. The van der Waals surface area contributed by atoms with Gasteiger partial charge >= 0.3 is 17.9 Å². The summed E-state index contributed by atoms with van der Waals surface area (Å²) < 4.78 is 10.4. The van der Waals surface area contributed by atoms with E-state index in [1.165, 1.54) is 77.0 Å². The second-order valence-corrected chi connectivity index (χ2v) is 10.3. The van der Waals surface area contributed by atoms with Gasteiger partial charge in [0.15, 0.2) is 6.10 Å². The summed E-state index contributed by atoms with van der Waals surface area (Å²) in [5.41, 5.74) is 0. The van der Waals surface area contributed by atoms with Crippen LogP contribution in [0, 0.1) is 0 Å². The zero-order valence-corrected chi connectivity index (χ0v) is 23.7. The predicted molar refractivity (Wildman–Crippen MR) is 147 cm³/mol. The molecule has 7 heteroatoms. The molecule has 0 saturated carbocycles. The van der Waals surface area contributed by atoms with Crippen LogP contribution in [0.1, 0.15) is 155 Å². The smallest absolute Gasteiger partial charge is 0.306 e. The summed E-state index contributed by atoms with van der Waals surface area (Å²) in [6.45, 7) is 1.76. The number of aliphatic carboxylic acids is 1. The van der Waals surface area contributed by atoms with E-state index in [-0.39, 0.29) is 32.0 Å². The Bertz CT molecular complexity index is 550. The average Bonchev–Trinajstić information content (AvgIpc) is 2.88. The molecular weight excluding hydrogens is 472 g/mol. The molecule has 1 unspecified atom stereocenters. The summed E-state index contributed by atoms with van der Waals surface area (Å²) in [7, 11) is 0. The molecule has 37 heavy (non-hydrogen) atoms. The first kappa shape index (κ1) is 35.4. The van der Waals surface area contributed by atoms with Gasteiger partial charge < -0.3 is 19.7 Å². The zero-order chi connectivity index (χ0) is 27.4. The van der Waals surface area contributed by atoms with Crippen molar-refractivity contribution in [1.82, 2.24) is 0 Å². The van der Waals surface area contributed by atoms with Crippen molar-refractivity contribution in [3.8, 4) is 0 Å². The van der Waals surface area contributed by atoms with Gasteiger partial charge in [-0.2, -0.15) is 0 Å². The lowest BCUT2D eigenvalue weighted by Gasteiger charge is -2.15. The van der Waals surface area contributed by atoms with Crippen LogP contribution in [0.5, 0.6) is 0 Å². The molecule has 0 fully saturated rings. The van der Waals surface area contributed by atoms with Gasteiger partial charge in [-0.05, 0) is 19.3 Å². The molecule has 0 aromatic carbocycles. The average molecular weight is 529 g/mol. The van der Waals surface area contributed by atoms with E-state index in [2.05, 4.69) is 6.92 Å². The lowest BCUT2D eigenvalue weighted by atomic mass is 10.0. The Hall–Kier alpha value is -1.63. The minimum atomic E-state index is -0.826. The molecule has 0 aromatic heterocycles. The SMILES string of the molecule is CCCCCCCCCCCCCCCCCC(=O)OCC(CO)OC(=O)CCCCCCCC(=O)O. The van der Waals surface area contributed by atoms with Gasteiger partial charge in [-0.3, -0.25) is 14.4 Å². The third-order valence-electron chi connectivity index (χ3n) is 6.69. The minimum Gasteiger partial charge on any atom is -0.481 e. The van der Waals surface area contributed by atoms with Gasteiger partial charge in [-0.1, -0.05) is 116 Å². The quantitative estimate of drug-likeness (QED) is 0.0798. The van der Waals surface area contributed by atoms with Gasteiger partial charge in [0.1, 0.15) is 6.61 Å². The van der Waals surface area contributed by atoms with E-state index < -0.39 is 18.0 Å². The molecule has 0 saturated heterocycles. The van der Waals surface area contributed by atoms with Crippen LogP contribution in [0.4, 0.5) is 0 Å². The maximum atomic E-state index is 11.9. The van der Waals surface area contributed by atoms with E-state index in [1.807, 2.05) is 0 Å². The monoisotopic (exact) mass is 528 g/mol. The summed E-state index contributed by atoms with van der Waals surface area (Å²) >= 11 is 0. The first-order valence-electron chi connectivity index (χ1n) is 15.2. The highest BCUT2D eigenvalue weighted by atomic mass is 16.6. The Balaban J connectivity index is 3.54. The van der Waals surface area contributed by atoms with Crippen LogP contribution in [0.2, 0.25) is 0 Å². The predicted octanol–water partition coefficient (Wildman–Crippen LogP) is 7.51. The van der Waals surface area contributed by atoms with Crippen molar-refractivity contribution >= 4 is 17.9 Å². The summed E-state index contributed by atoms with van der Waals surface area (Å²) in [5.74, 6) is -1.51. The van der Waals surface area contributed by atoms with Crippen molar-refractivity contribution in [3.05, 3.63) is 0 Å². The number of aliphatic hydroxyl groups excluding tert-OH is 1. The number of carbonyl (C=O) groups is 3. The van der Waals surface area contributed by atoms with E-state index in [0.29, 0.717) is 19.3 Å². The van der Waals surface area contributed by atoms with E-state index in [1.54, 1.807) is 0 Å². The summed E-state index contributed by atoms with van der Waals surface area (Å²) in [6.07, 6.45) is 22.9. The van der Waals surface area contributed by atoms with Crippen LogP contribution < -0.4 is 0 Å². The van der Waals surface area contributed by atoms with E-state index in [9.17, 15) is 19.5 Å². The second-order valence-electron chi connectivity index (χ2n) is 10.3. The molecule has 7 nitrogen and oxygen atoms in total. The van der Waals surface area contributed by atoms with Gasteiger partial charge in [0.25, 0.3) is 0 Å². The fraction of sp³-hybridized carbons (Fsp3) is 0.900. The normalized spacial score (nSPS) is 11.8. The van der Waals surface area contributed by atoms with Crippen molar-refractivity contribution in [2.45, 2.75) is 161 Å². The Morgan fingerprint density at radius 1 is 0.568 bits per heavy atom. The number of ether oxygens (including phenoxy) is 2. The van der Waals surface area contributed by atoms with Gasteiger partial charge in [-0.15, -0.1) is 0 Å². The topological polar surface area (TPSA) is 110 Å². The Morgan fingerprint density at radius 3 is 1.35 bits per heavy atom. The zero-order valence-electron chi connectivity index (χ0n) is 23.7. The van der Waals surface area contributed by atoms with Gasteiger partial charge in [0.05, 0.1) is 6.61 Å². The molecule has 0 heterocycles. The molecule has 0 radical (unpaired) electrons. The van der Waals surface area contributed by atoms with Crippen LogP contribution in [-0.4, -0.2) is 47.4 Å². The van der Waals surface area contributed by atoms with Crippen LogP contribution in [0.25, 0.3) is 0 Å². The molecule has 0 rings (SSSR count). The summed E-state index contributed by atoms with van der Waals surface area (Å²) in [5, 5.41) is 18.0. The Labute approximate surface area is 226 Å². The second kappa shape index (κ2) is 27.4. The number of esters is 2. The highest BCUT2D eigenvalue weighted by Crippen LogP contribution is 2.14. The van der Waals surface area contributed by atoms with Crippen molar-refractivity contribution in [2.24, 2.45) is 0 Å². The van der Waals surface area contributed by atoms with E-state index in [4.69, 9.17) is 14.6 Å². The largest absolute Gasteiger partial charge is 0.481 e. The molecule has 2 N–H and O–H groups in total. The molecule has 0 aromatic rings. The number of hydrogen-bond acceptors (Lipinski definition) is 6. The highest BCUT2D eigenvalue weighted by Gasteiger charge is 2.16. The number of carboxylic acids is 1. The maximum absolute atomic E-state index is 11.9. The Kier molecular flexibility index (Phi) is 26.2. The first-order valence-corrected chi connectivity index (χ1v) is 15.2. The maximum Gasteiger partial charge on any atom is 0.306 e. The molecule has 0 amide bonds. The molecule has 0 aliphatic carbocycles. The van der Waals surface area contributed by atoms with Crippen molar-refractivity contribution in [1.29, 1.82) is 0 Å². The number of hydrogen-bond donors (Lipinski definition) is 2. The van der Waals surface area contributed by atoms with Crippen LogP contribution in [0.15, 0.2) is 0 Å². The van der Waals surface area contributed by atoms with Gasteiger partial charge in [-0.25, -0.2) is 0 Å². The molecule has 1 atom stereocenters. The van der Waals surface area contributed by atoms with Crippen molar-refractivity contribution < 1.29 is 34.1 Å². The summed E-state index contributed by atoms with van der Waals surface area (Å²) in [4.78, 5) is 34.3. The van der Waals surface area contributed by atoms with E-state index >= 15 is 0 Å². The first-order chi connectivity index (χ1) is 18.0. The van der Waals surface area contributed by atoms with Gasteiger partial charge in [0.2, 0.25) is 0 Å². The number of unbranched alkanes of at least 4 members (excludes halogenated alkanes) is 18. The standard InChI is InChI=1S/C30H56O7/c1-2-3-4-5-6-7-8-9-10-11-12-13-14-17-20-23-29(34)36-26-27(25-31)37-30(35)24-21-18-15-16-19-22-28(32)33/h27,31H,2-26H2,1H3,(H,32,33).